The Morgan fingerprint density at radius 2 is 1.54 bits per heavy atom. The van der Waals surface area contributed by atoms with Gasteiger partial charge < -0.3 is 9.21 Å². The summed E-state index contributed by atoms with van der Waals surface area (Å²) in [5.41, 5.74) is 9.48. The van der Waals surface area contributed by atoms with Crippen LogP contribution < -0.4 is 15.7 Å². The van der Waals surface area contributed by atoms with Crippen LogP contribution in [-0.2, 0) is 0 Å². The van der Waals surface area contributed by atoms with Crippen LogP contribution in [0.3, 0.4) is 0 Å². The Labute approximate surface area is 221 Å². The van der Waals surface area contributed by atoms with E-state index >= 15 is 0 Å². The fourth-order valence-electron chi connectivity index (χ4n) is 6.17. The second kappa shape index (κ2) is 7.81. The molecule has 1 aromatic heterocycles. The van der Waals surface area contributed by atoms with Crippen LogP contribution >= 0.6 is 11.8 Å². The first kappa shape index (κ1) is 21.2. The predicted molar refractivity (Wildman–Crippen MR) is 156 cm³/mol. The summed E-state index contributed by atoms with van der Waals surface area (Å²) in [6.45, 7) is 4.68. The number of hydrogen-bond acceptors (Lipinski definition) is 2. The van der Waals surface area contributed by atoms with Crippen molar-refractivity contribution in [2.45, 2.75) is 29.6 Å². The lowest BCUT2D eigenvalue weighted by Crippen LogP contribution is -2.54. The third-order valence-electron chi connectivity index (χ3n) is 7.88. The van der Waals surface area contributed by atoms with Gasteiger partial charge in [0, 0.05) is 37.2 Å². The summed E-state index contributed by atoms with van der Waals surface area (Å²) in [7, 11) is 0. The Morgan fingerprint density at radius 1 is 0.703 bits per heavy atom. The van der Waals surface area contributed by atoms with E-state index in [1.165, 1.54) is 59.2 Å². The molecule has 2 nitrogen and oxygen atoms in total. The van der Waals surface area contributed by atoms with E-state index in [0.29, 0.717) is 5.92 Å². The lowest BCUT2D eigenvalue weighted by Gasteiger charge is -2.33. The van der Waals surface area contributed by atoms with Gasteiger partial charge in [0.15, 0.2) is 0 Å². The van der Waals surface area contributed by atoms with Gasteiger partial charge >= 0.3 is 6.85 Å². The van der Waals surface area contributed by atoms with Crippen molar-refractivity contribution in [2.75, 3.05) is 0 Å². The molecule has 6 aromatic rings. The number of hydrogen-bond donors (Lipinski definition) is 0. The lowest BCUT2D eigenvalue weighted by molar-refractivity contribution is 0.481. The Kier molecular flexibility index (Phi) is 4.48. The second-order valence-electron chi connectivity index (χ2n) is 10.3. The highest BCUT2D eigenvalue weighted by atomic mass is 32.2. The maximum absolute atomic E-state index is 6.22. The fourth-order valence-corrected chi connectivity index (χ4v) is 7.36. The van der Waals surface area contributed by atoms with E-state index in [4.69, 9.17) is 4.74 Å². The molecule has 2 aliphatic rings. The zero-order chi connectivity index (χ0) is 24.7. The Morgan fingerprint density at radius 3 is 2.41 bits per heavy atom. The highest BCUT2D eigenvalue weighted by Crippen LogP contribution is 2.44. The third kappa shape index (κ3) is 3.03. The summed E-state index contributed by atoms with van der Waals surface area (Å²) in [6, 6.07) is 37.3. The summed E-state index contributed by atoms with van der Waals surface area (Å²) in [6.07, 6.45) is 0. The Balaban J connectivity index is 1.40. The largest absolute Gasteiger partial charge is 0.457 e. The second-order valence-corrected chi connectivity index (χ2v) is 11.4. The summed E-state index contributed by atoms with van der Waals surface area (Å²) in [5, 5.41) is 2.69. The van der Waals surface area contributed by atoms with E-state index in [1.54, 1.807) is 0 Å². The molecular weight excluding hydrogens is 469 g/mol. The average molecular weight is 493 g/mol. The van der Waals surface area contributed by atoms with Gasteiger partial charge in [0.25, 0.3) is 0 Å². The molecule has 0 fully saturated rings. The van der Waals surface area contributed by atoms with Crippen LogP contribution in [0, 0.1) is 0 Å². The molecule has 0 radical (unpaired) electrons. The first-order valence-corrected chi connectivity index (χ1v) is 13.7. The number of rotatable bonds is 3. The van der Waals surface area contributed by atoms with Crippen molar-refractivity contribution in [2.24, 2.45) is 0 Å². The molecule has 8 rings (SSSR count). The molecule has 0 saturated heterocycles. The molecule has 0 amide bonds. The molecule has 0 N–H and O–H groups in total. The van der Waals surface area contributed by atoms with Crippen molar-refractivity contribution in [1.29, 1.82) is 0 Å². The summed E-state index contributed by atoms with van der Waals surface area (Å²) >= 11 is 1.86. The van der Waals surface area contributed by atoms with Crippen molar-refractivity contribution in [3.05, 3.63) is 109 Å². The normalized spacial score (nSPS) is 13.2. The quantitative estimate of drug-likeness (QED) is 0.233. The van der Waals surface area contributed by atoms with E-state index in [-0.39, 0.29) is 6.85 Å². The van der Waals surface area contributed by atoms with E-state index in [1.807, 2.05) is 42.1 Å². The minimum Gasteiger partial charge on any atom is -0.457 e. The lowest BCUT2D eigenvalue weighted by atomic mass is 9.47. The summed E-state index contributed by atoms with van der Waals surface area (Å²) in [4.78, 5) is 2.59. The van der Waals surface area contributed by atoms with Gasteiger partial charge in [0.05, 0.1) is 0 Å². The average Bonchev–Trinajstić information content (AvgIpc) is 3.26. The van der Waals surface area contributed by atoms with E-state index in [0.717, 1.165) is 11.5 Å². The molecule has 37 heavy (non-hydrogen) atoms. The molecule has 176 valence electrons. The van der Waals surface area contributed by atoms with Crippen LogP contribution in [0.2, 0.25) is 0 Å². The first-order chi connectivity index (χ1) is 18.2. The summed E-state index contributed by atoms with van der Waals surface area (Å²) in [5.74, 6) is 2.23. The highest BCUT2D eigenvalue weighted by molar-refractivity contribution is 8.00. The maximum atomic E-state index is 6.22. The maximum Gasteiger partial charge on any atom is 0.331 e. The van der Waals surface area contributed by atoms with Gasteiger partial charge in [-0.3, -0.25) is 0 Å². The molecule has 0 bridgehead atoms. The minimum absolute atomic E-state index is 0.132. The number of para-hydroxylation sites is 2. The molecule has 0 aliphatic carbocycles. The van der Waals surface area contributed by atoms with Gasteiger partial charge in [-0.05, 0) is 70.4 Å². The van der Waals surface area contributed by atoms with E-state index in [2.05, 4.69) is 91.1 Å². The van der Waals surface area contributed by atoms with E-state index in [9.17, 15) is 0 Å². The molecule has 4 heteroatoms. The van der Waals surface area contributed by atoms with Crippen molar-refractivity contribution >= 4 is 51.3 Å². The van der Waals surface area contributed by atoms with Gasteiger partial charge in [-0.2, -0.15) is 0 Å². The van der Waals surface area contributed by atoms with Crippen LogP contribution in [0.4, 0.5) is 0 Å². The number of fused-ring (bicyclic) bond motifs is 7. The molecule has 5 aromatic carbocycles. The van der Waals surface area contributed by atoms with Crippen LogP contribution in [0.25, 0.3) is 32.9 Å². The topological polar surface area (TPSA) is 14.2 Å². The Hall–Kier alpha value is -3.89. The van der Waals surface area contributed by atoms with Gasteiger partial charge in [0.1, 0.15) is 11.5 Å². The first-order valence-electron chi connectivity index (χ1n) is 12.9. The van der Waals surface area contributed by atoms with Gasteiger partial charge in [0.2, 0.25) is 0 Å². The van der Waals surface area contributed by atoms with Gasteiger partial charge in [-0.1, -0.05) is 86.3 Å². The van der Waals surface area contributed by atoms with Gasteiger partial charge in [-0.25, -0.2) is 0 Å². The zero-order valence-electron chi connectivity index (χ0n) is 20.7. The van der Waals surface area contributed by atoms with Gasteiger partial charge in [-0.15, -0.1) is 0 Å². The standard InChI is InChI=1S/C33H24BNOS/c1-20(2)21-14-17-29-27(18-21)26-12-6-11-25-24-10-7-13-30-32(24)34(35(29)33(25)26)28-16-15-23(19-31(28)37-30)36-22-8-4-3-5-9-22/h3-20H,1-2H3. The molecular formula is C33H24BNOS. The predicted octanol–water partition coefficient (Wildman–Crippen LogP) is 7.81. The number of ether oxygens (including phenoxy) is 1. The minimum atomic E-state index is 0.132. The van der Waals surface area contributed by atoms with Crippen molar-refractivity contribution in [3.8, 4) is 22.6 Å². The third-order valence-corrected chi connectivity index (χ3v) is 9.03. The number of benzene rings is 5. The van der Waals surface area contributed by atoms with Crippen molar-refractivity contribution in [1.82, 2.24) is 4.48 Å². The molecule has 3 heterocycles. The molecule has 0 spiro atoms. The van der Waals surface area contributed by atoms with Crippen LogP contribution in [0.15, 0.2) is 113 Å². The highest BCUT2D eigenvalue weighted by Gasteiger charge is 2.39. The summed E-state index contributed by atoms with van der Waals surface area (Å²) < 4.78 is 8.83. The fraction of sp³-hybridized carbons (Fsp3) is 0.0909. The Bertz CT molecular complexity index is 1870. The molecule has 0 saturated carbocycles. The molecule has 2 aliphatic heterocycles. The van der Waals surface area contributed by atoms with E-state index < -0.39 is 0 Å². The molecule has 0 unspecified atom stereocenters. The number of aromatic nitrogens is 1. The van der Waals surface area contributed by atoms with Crippen LogP contribution in [-0.4, -0.2) is 11.3 Å². The molecule has 0 atom stereocenters. The monoisotopic (exact) mass is 493 g/mol. The smallest absolute Gasteiger partial charge is 0.331 e. The zero-order valence-corrected chi connectivity index (χ0v) is 21.5. The SMILES string of the molecule is CC(C)c1ccc2c(c1)c1cccc3c1n2B1c2ccc(Oc4ccccc4)cc2Sc2cccc-3c21. The van der Waals surface area contributed by atoms with Crippen LogP contribution in [0.1, 0.15) is 25.3 Å². The van der Waals surface area contributed by atoms with Crippen molar-refractivity contribution in [3.63, 3.8) is 0 Å². The number of nitrogens with zero attached hydrogens (tertiary/aromatic N) is 1. The van der Waals surface area contributed by atoms with Crippen molar-refractivity contribution < 1.29 is 4.74 Å². The van der Waals surface area contributed by atoms with Crippen LogP contribution in [0.5, 0.6) is 11.5 Å².